The molecule has 4 nitrogen and oxygen atoms in total. The summed E-state index contributed by atoms with van der Waals surface area (Å²) >= 11 is 0. The fourth-order valence-electron chi connectivity index (χ4n) is 3.95. The van der Waals surface area contributed by atoms with Crippen LogP contribution in [0.15, 0.2) is 0 Å². The SMILES string of the molecule is CCCNC1CCCC1CN1CC(O)CC1CN(C)C. The van der Waals surface area contributed by atoms with Crippen molar-refractivity contribution in [3.05, 3.63) is 0 Å². The van der Waals surface area contributed by atoms with Crippen LogP contribution >= 0.6 is 0 Å². The van der Waals surface area contributed by atoms with E-state index in [-0.39, 0.29) is 6.10 Å². The maximum absolute atomic E-state index is 9.99. The Morgan fingerprint density at radius 1 is 1.30 bits per heavy atom. The van der Waals surface area contributed by atoms with Crippen LogP contribution in [0.3, 0.4) is 0 Å². The Bertz CT molecular complexity index is 285. The predicted octanol–water partition coefficient (Wildman–Crippen LogP) is 1.15. The molecule has 1 saturated heterocycles. The van der Waals surface area contributed by atoms with Crippen LogP contribution < -0.4 is 5.32 Å². The minimum Gasteiger partial charge on any atom is -0.392 e. The third kappa shape index (κ3) is 4.42. The Hall–Kier alpha value is -0.160. The van der Waals surface area contributed by atoms with E-state index in [1.807, 2.05) is 0 Å². The quantitative estimate of drug-likeness (QED) is 0.735. The lowest BCUT2D eigenvalue weighted by atomic mass is 10.0. The summed E-state index contributed by atoms with van der Waals surface area (Å²) in [6.45, 7) is 6.48. The number of β-amino-alcohol motifs (C(OH)–C–C–N with tert-alkyl or cyclic N) is 1. The van der Waals surface area contributed by atoms with Crippen LogP contribution in [-0.2, 0) is 0 Å². The molecule has 1 heterocycles. The zero-order valence-corrected chi connectivity index (χ0v) is 13.5. The summed E-state index contributed by atoms with van der Waals surface area (Å²) in [5.41, 5.74) is 0. The van der Waals surface area contributed by atoms with E-state index in [0.717, 1.165) is 38.5 Å². The van der Waals surface area contributed by atoms with Gasteiger partial charge in [0, 0.05) is 31.7 Å². The summed E-state index contributed by atoms with van der Waals surface area (Å²) in [7, 11) is 4.26. The van der Waals surface area contributed by atoms with Crippen molar-refractivity contribution >= 4 is 0 Å². The van der Waals surface area contributed by atoms with Gasteiger partial charge in [0.05, 0.1) is 6.10 Å². The maximum Gasteiger partial charge on any atom is 0.0682 e. The molecule has 4 unspecified atom stereocenters. The first-order valence-corrected chi connectivity index (χ1v) is 8.40. The molecule has 2 rings (SSSR count). The largest absolute Gasteiger partial charge is 0.392 e. The zero-order valence-electron chi connectivity index (χ0n) is 13.5. The Morgan fingerprint density at radius 3 is 2.80 bits per heavy atom. The molecule has 4 heteroatoms. The molecule has 20 heavy (non-hydrogen) atoms. The molecule has 2 N–H and O–H groups in total. The summed E-state index contributed by atoms with van der Waals surface area (Å²) in [4.78, 5) is 4.79. The van der Waals surface area contributed by atoms with E-state index in [1.165, 1.54) is 25.7 Å². The molecule has 1 saturated carbocycles. The average Bonchev–Trinajstić information content (AvgIpc) is 2.94. The van der Waals surface area contributed by atoms with Crippen LogP contribution in [0.2, 0.25) is 0 Å². The highest BCUT2D eigenvalue weighted by molar-refractivity contribution is 4.91. The maximum atomic E-state index is 9.99. The molecule has 118 valence electrons. The fraction of sp³-hybridized carbons (Fsp3) is 1.00. The first kappa shape index (κ1) is 16.2. The highest BCUT2D eigenvalue weighted by Crippen LogP contribution is 2.29. The highest BCUT2D eigenvalue weighted by Gasteiger charge is 2.35. The predicted molar refractivity (Wildman–Crippen MR) is 84.0 cm³/mol. The molecule has 0 radical (unpaired) electrons. The summed E-state index contributed by atoms with van der Waals surface area (Å²) in [5, 5.41) is 13.7. The minimum atomic E-state index is -0.122. The molecule has 0 spiro atoms. The van der Waals surface area contributed by atoms with Crippen LogP contribution in [-0.4, -0.2) is 73.4 Å². The van der Waals surface area contributed by atoms with Crippen molar-refractivity contribution in [3.63, 3.8) is 0 Å². The molecule has 0 aromatic rings. The van der Waals surface area contributed by atoms with Crippen molar-refractivity contribution < 1.29 is 5.11 Å². The Labute approximate surface area is 124 Å². The number of likely N-dealkylation sites (N-methyl/N-ethyl adjacent to an activating group) is 1. The Kier molecular flexibility index (Phi) is 6.27. The van der Waals surface area contributed by atoms with Crippen molar-refractivity contribution in [1.29, 1.82) is 0 Å². The Morgan fingerprint density at radius 2 is 2.10 bits per heavy atom. The summed E-state index contributed by atoms with van der Waals surface area (Å²) in [6, 6.07) is 1.24. The molecule has 1 aliphatic heterocycles. The molecular weight excluding hydrogens is 250 g/mol. The molecule has 0 aromatic carbocycles. The lowest BCUT2D eigenvalue weighted by Gasteiger charge is -2.31. The van der Waals surface area contributed by atoms with Gasteiger partial charge in [-0.25, -0.2) is 0 Å². The van der Waals surface area contributed by atoms with Crippen LogP contribution in [0.4, 0.5) is 0 Å². The number of rotatable bonds is 7. The van der Waals surface area contributed by atoms with Gasteiger partial charge in [0.1, 0.15) is 0 Å². The lowest BCUT2D eigenvalue weighted by molar-refractivity contribution is 0.153. The molecule has 4 atom stereocenters. The molecular formula is C16H33N3O. The van der Waals surface area contributed by atoms with Gasteiger partial charge in [-0.05, 0) is 52.2 Å². The van der Waals surface area contributed by atoms with Crippen molar-refractivity contribution in [2.24, 2.45) is 5.92 Å². The van der Waals surface area contributed by atoms with Crippen LogP contribution in [0.1, 0.15) is 39.0 Å². The molecule has 0 amide bonds. The topological polar surface area (TPSA) is 38.7 Å². The molecule has 2 aliphatic rings. The van der Waals surface area contributed by atoms with Gasteiger partial charge in [-0.2, -0.15) is 0 Å². The van der Waals surface area contributed by atoms with Gasteiger partial charge < -0.3 is 15.3 Å². The number of likely N-dealkylation sites (tertiary alicyclic amines) is 1. The number of aliphatic hydroxyl groups is 1. The number of nitrogens with zero attached hydrogens (tertiary/aromatic N) is 2. The number of hydrogen-bond donors (Lipinski definition) is 2. The second-order valence-electron chi connectivity index (χ2n) is 7.01. The first-order valence-electron chi connectivity index (χ1n) is 8.40. The van der Waals surface area contributed by atoms with Crippen molar-refractivity contribution in [1.82, 2.24) is 15.1 Å². The monoisotopic (exact) mass is 283 g/mol. The lowest BCUT2D eigenvalue weighted by Crippen LogP contribution is -2.44. The van der Waals surface area contributed by atoms with E-state index in [4.69, 9.17) is 0 Å². The minimum absolute atomic E-state index is 0.122. The molecule has 1 aliphatic carbocycles. The smallest absolute Gasteiger partial charge is 0.0682 e. The van der Waals surface area contributed by atoms with E-state index in [9.17, 15) is 5.11 Å². The summed E-state index contributed by atoms with van der Waals surface area (Å²) < 4.78 is 0. The van der Waals surface area contributed by atoms with Gasteiger partial charge in [0.15, 0.2) is 0 Å². The second kappa shape index (κ2) is 7.74. The molecule has 0 aromatic heterocycles. The van der Waals surface area contributed by atoms with E-state index in [1.54, 1.807) is 0 Å². The zero-order chi connectivity index (χ0) is 14.5. The number of hydrogen-bond acceptors (Lipinski definition) is 4. The van der Waals surface area contributed by atoms with Gasteiger partial charge in [-0.1, -0.05) is 13.3 Å². The van der Waals surface area contributed by atoms with Crippen molar-refractivity contribution in [2.45, 2.75) is 57.2 Å². The van der Waals surface area contributed by atoms with Crippen molar-refractivity contribution in [3.8, 4) is 0 Å². The van der Waals surface area contributed by atoms with Gasteiger partial charge in [-0.3, -0.25) is 4.90 Å². The number of aliphatic hydroxyl groups excluding tert-OH is 1. The molecule has 2 fully saturated rings. The van der Waals surface area contributed by atoms with Crippen LogP contribution in [0, 0.1) is 5.92 Å². The van der Waals surface area contributed by atoms with E-state index >= 15 is 0 Å². The van der Waals surface area contributed by atoms with E-state index < -0.39 is 0 Å². The highest BCUT2D eigenvalue weighted by atomic mass is 16.3. The average molecular weight is 283 g/mol. The Balaban J connectivity index is 1.86. The standard InChI is InChI=1S/C16H33N3O/c1-4-8-17-16-7-5-6-13(16)10-19-12-15(20)9-14(19)11-18(2)3/h13-17,20H,4-12H2,1-3H3. The van der Waals surface area contributed by atoms with E-state index in [2.05, 4.69) is 36.1 Å². The van der Waals surface area contributed by atoms with E-state index in [0.29, 0.717) is 12.1 Å². The van der Waals surface area contributed by atoms with Crippen LogP contribution in [0.25, 0.3) is 0 Å². The van der Waals surface area contributed by atoms with Gasteiger partial charge >= 0.3 is 0 Å². The summed E-state index contributed by atoms with van der Waals surface area (Å²) in [6.07, 6.45) is 6.08. The normalized spacial score (nSPS) is 35.2. The van der Waals surface area contributed by atoms with Gasteiger partial charge in [-0.15, -0.1) is 0 Å². The first-order chi connectivity index (χ1) is 9.60. The molecule has 0 bridgehead atoms. The second-order valence-corrected chi connectivity index (χ2v) is 7.01. The third-order valence-electron chi connectivity index (χ3n) is 4.87. The van der Waals surface area contributed by atoms with Crippen LogP contribution in [0.5, 0.6) is 0 Å². The van der Waals surface area contributed by atoms with Crippen molar-refractivity contribution in [2.75, 3.05) is 40.3 Å². The third-order valence-corrected chi connectivity index (χ3v) is 4.87. The van der Waals surface area contributed by atoms with Gasteiger partial charge in [0.25, 0.3) is 0 Å². The van der Waals surface area contributed by atoms with Gasteiger partial charge in [0.2, 0.25) is 0 Å². The number of nitrogens with one attached hydrogen (secondary N) is 1. The summed E-state index contributed by atoms with van der Waals surface area (Å²) in [5.74, 6) is 0.775. The fourth-order valence-corrected chi connectivity index (χ4v) is 3.95.